The Labute approximate surface area is 159 Å². The van der Waals surface area contributed by atoms with Gasteiger partial charge >= 0.3 is 6.36 Å². The Balaban J connectivity index is 2.02. The third kappa shape index (κ3) is 5.95. The predicted octanol–water partition coefficient (Wildman–Crippen LogP) is 3.59. The van der Waals surface area contributed by atoms with Gasteiger partial charge in [-0.15, -0.1) is 13.2 Å². The lowest BCUT2D eigenvalue weighted by Gasteiger charge is -2.23. The van der Waals surface area contributed by atoms with Gasteiger partial charge in [-0.2, -0.15) is 0 Å². The van der Waals surface area contributed by atoms with E-state index in [1.165, 1.54) is 54.4 Å². The van der Waals surface area contributed by atoms with Gasteiger partial charge in [0.1, 0.15) is 5.75 Å². The minimum Gasteiger partial charge on any atom is -0.405 e. The number of amides is 1. The molecule has 7 nitrogen and oxygen atoms in total. The maximum absolute atomic E-state index is 12.5. The van der Waals surface area contributed by atoms with Crippen molar-refractivity contribution in [3.05, 3.63) is 64.2 Å². The number of nitrogens with zero attached hydrogens (tertiary/aromatic N) is 3. The predicted molar refractivity (Wildman–Crippen MR) is 96.0 cm³/mol. The molecule has 2 aromatic carbocycles. The number of carbonyl (C=O) groups is 1. The molecule has 0 aliphatic carbocycles. The highest BCUT2D eigenvalue weighted by molar-refractivity contribution is 5.94. The van der Waals surface area contributed by atoms with Crippen LogP contribution < -0.4 is 9.64 Å². The normalized spacial score (nSPS) is 11.4. The molecule has 10 heteroatoms. The Bertz CT molecular complexity index is 841. The van der Waals surface area contributed by atoms with Gasteiger partial charge in [0, 0.05) is 37.0 Å². The van der Waals surface area contributed by atoms with E-state index in [1.807, 2.05) is 0 Å². The van der Waals surface area contributed by atoms with E-state index >= 15 is 0 Å². The van der Waals surface area contributed by atoms with Crippen LogP contribution in [0.5, 0.6) is 5.75 Å². The first-order valence-corrected chi connectivity index (χ1v) is 8.10. The van der Waals surface area contributed by atoms with Crippen molar-refractivity contribution in [2.75, 3.05) is 25.5 Å². The smallest absolute Gasteiger partial charge is 0.405 e. The molecule has 0 saturated heterocycles. The maximum Gasteiger partial charge on any atom is 0.573 e. The molecule has 0 heterocycles. The van der Waals surface area contributed by atoms with Crippen LogP contribution in [0.25, 0.3) is 0 Å². The maximum atomic E-state index is 12.5. The summed E-state index contributed by atoms with van der Waals surface area (Å²) in [6.45, 7) is -0.0140. The first kappa shape index (κ1) is 21.2. The van der Waals surface area contributed by atoms with Crippen LogP contribution in [0.15, 0.2) is 48.5 Å². The summed E-state index contributed by atoms with van der Waals surface area (Å²) in [4.78, 5) is 25.4. The van der Waals surface area contributed by atoms with Crippen LogP contribution in [0, 0.1) is 10.1 Å². The number of carbonyl (C=O) groups excluding carboxylic acids is 1. The minimum atomic E-state index is -4.80. The Morgan fingerprint density at radius 3 is 2.29 bits per heavy atom. The second-order valence-electron chi connectivity index (χ2n) is 6.05. The highest BCUT2D eigenvalue weighted by atomic mass is 19.4. The Kier molecular flexibility index (Phi) is 6.57. The van der Waals surface area contributed by atoms with Gasteiger partial charge < -0.3 is 9.64 Å². The molecular weight excluding hydrogens is 379 g/mol. The number of non-ortho nitro benzene ring substituents is 1. The number of alkyl halides is 3. The van der Waals surface area contributed by atoms with Crippen LogP contribution >= 0.6 is 0 Å². The SMILES string of the molecule is CN(CC(=O)N(C)c1ccc([N+](=O)[O-])cc1)Cc1ccccc1OC(F)(F)F. The largest absolute Gasteiger partial charge is 0.573 e. The van der Waals surface area contributed by atoms with Crippen LogP contribution in [-0.4, -0.2) is 42.7 Å². The quantitative estimate of drug-likeness (QED) is 0.527. The summed E-state index contributed by atoms with van der Waals surface area (Å²) in [5.74, 6) is -0.649. The summed E-state index contributed by atoms with van der Waals surface area (Å²) >= 11 is 0. The zero-order valence-electron chi connectivity index (χ0n) is 15.1. The number of halogens is 3. The van der Waals surface area contributed by atoms with Crippen molar-refractivity contribution in [3.8, 4) is 5.75 Å². The number of nitro benzene ring substituents is 1. The fourth-order valence-electron chi connectivity index (χ4n) is 2.48. The van der Waals surface area contributed by atoms with E-state index in [1.54, 1.807) is 18.0 Å². The number of benzene rings is 2. The van der Waals surface area contributed by atoms with E-state index in [0.717, 1.165) is 0 Å². The number of hydrogen-bond acceptors (Lipinski definition) is 5. The first-order chi connectivity index (χ1) is 13.1. The third-order valence-corrected chi connectivity index (χ3v) is 3.87. The summed E-state index contributed by atoms with van der Waals surface area (Å²) in [5, 5.41) is 10.7. The molecular formula is C18H18F3N3O4. The van der Waals surface area contributed by atoms with E-state index in [-0.39, 0.29) is 36.0 Å². The van der Waals surface area contributed by atoms with Crippen molar-refractivity contribution in [1.82, 2.24) is 4.90 Å². The molecule has 2 aromatic rings. The molecule has 0 aliphatic heterocycles. The topological polar surface area (TPSA) is 75.9 Å². The standard InChI is InChI=1S/C18H18F3N3O4/c1-22(11-13-5-3-4-6-16(13)28-18(19,20)21)12-17(25)23(2)14-7-9-15(10-8-14)24(26)27/h3-10H,11-12H2,1-2H3. The zero-order valence-corrected chi connectivity index (χ0v) is 15.1. The van der Waals surface area contributed by atoms with Crippen LogP contribution in [0.4, 0.5) is 24.5 Å². The summed E-state index contributed by atoms with van der Waals surface area (Å²) < 4.78 is 41.5. The van der Waals surface area contributed by atoms with Gasteiger partial charge in [-0.25, -0.2) is 0 Å². The van der Waals surface area contributed by atoms with Gasteiger partial charge in [0.25, 0.3) is 5.69 Å². The number of nitro groups is 1. The molecule has 0 radical (unpaired) electrons. The zero-order chi connectivity index (χ0) is 20.9. The second kappa shape index (κ2) is 8.70. The van der Waals surface area contributed by atoms with Crippen molar-refractivity contribution < 1.29 is 27.6 Å². The first-order valence-electron chi connectivity index (χ1n) is 8.10. The van der Waals surface area contributed by atoms with E-state index < -0.39 is 11.3 Å². The van der Waals surface area contributed by atoms with Crippen LogP contribution in [0.1, 0.15) is 5.56 Å². The molecule has 1 amide bonds. The molecule has 0 unspecified atom stereocenters. The molecule has 0 spiro atoms. The van der Waals surface area contributed by atoms with Gasteiger partial charge in [-0.05, 0) is 25.2 Å². The van der Waals surface area contributed by atoms with Crippen molar-refractivity contribution in [3.63, 3.8) is 0 Å². The van der Waals surface area contributed by atoms with Gasteiger partial charge in [-0.1, -0.05) is 18.2 Å². The number of ether oxygens (including phenoxy) is 1. The van der Waals surface area contributed by atoms with Crippen molar-refractivity contribution >= 4 is 17.3 Å². The van der Waals surface area contributed by atoms with E-state index in [9.17, 15) is 28.1 Å². The average Bonchev–Trinajstić information content (AvgIpc) is 2.61. The molecule has 150 valence electrons. The van der Waals surface area contributed by atoms with Crippen LogP contribution in [0.3, 0.4) is 0 Å². The Morgan fingerprint density at radius 2 is 1.71 bits per heavy atom. The fourth-order valence-corrected chi connectivity index (χ4v) is 2.48. The van der Waals surface area contributed by atoms with Gasteiger partial charge in [0.2, 0.25) is 5.91 Å². The molecule has 0 saturated carbocycles. The molecule has 28 heavy (non-hydrogen) atoms. The monoisotopic (exact) mass is 397 g/mol. The molecule has 0 aromatic heterocycles. The van der Waals surface area contributed by atoms with E-state index in [0.29, 0.717) is 5.69 Å². The second-order valence-corrected chi connectivity index (χ2v) is 6.05. The number of anilines is 1. The lowest BCUT2D eigenvalue weighted by atomic mass is 10.2. The molecule has 0 aliphatic rings. The molecule has 2 rings (SSSR count). The number of hydrogen-bond donors (Lipinski definition) is 0. The highest BCUT2D eigenvalue weighted by Crippen LogP contribution is 2.27. The summed E-state index contributed by atoms with van der Waals surface area (Å²) in [6.07, 6.45) is -4.80. The minimum absolute atomic E-state index is 0.0616. The van der Waals surface area contributed by atoms with Crippen LogP contribution in [0.2, 0.25) is 0 Å². The molecule has 0 fully saturated rings. The summed E-state index contributed by atoms with van der Waals surface area (Å²) in [6, 6.07) is 11.2. The van der Waals surface area contributed by atoms with Crippen molar-refractivity contribution in [2.45, 2.75) is 12.9 Å². The van der Waals surface area contributed by atoms with Crippen LogP contribution in [-0.2, 0) is 11.3 Å². The lowest BCUT2D eigenvalue weighted by molar-refractivity contribution is -0.384. The van der Waals surface area contributed by atoms with Gasteiger partial charge in [0.15, 0.2) is 0 Å². The number of rotatable bonds is 7. The Hall–Kier alpha value is -3.14. The van der Waals surface area contributed by atoms with Crippen molar-refractivity contribution in [2.24, 2.45) is 0 Å². The fraction of sp³-hybridized carbons (Fsp3) is 0.278. The summed E-state index contributed by atoms with van der Waals surface area (Å²) in [7, 11) is 3.10. The van der Waals surface area contributed by atoms with Crippen molar-refractivity contribution in [1.29, 1.82) is 0 Å². The van der Waals surface area contributed by atoms with E-state index in [4.69, 9.17) is 0 Å². The summed E-state index contributed by atoms with van der Waals surface area (Å²) in [5.41, 5.74) is 0.654. The highest BCUT2D eigenvalue weighted by Gasteiger charge is 2.32. The molecule has 0 atom stereocenters. The molecule has 0 N–H and O–H groups in total. The average molecular weight is 397 g/mol. The Morgan fingerprint density at radius 1 is 1.11 bits per heavy atom. The third-order valence-electron chi connectivity index (χ3n) is 3.87. The van der Waals surface area contributed by atoms with E-state index in [2.05, 4.69) is 4.74 Å². The molecule has 0 bridgehead atoms. The van der Waals surface area contributed by atoms with Gasteiger partial charge in [-0.3, -0.25) is 19.8 Å². The number of para-hydroxylation sites is 1. The number of likely N-dealkylation sites (N-methyl/N-ethyl adjacent to an activating group) is 2. The lowest BCUT2D eigenvalue weighted by Crippen LogP contribution is -2.36. The van der Waals surface area contributed by atoms with Gasteiger partial charge in [0.05, 0.1) is 11.5 Å².